The van der Waals surface area contributed by atoms with Gasteiger partial charge in [-0.05, 0) is 37.8 Å². The number of carbonyl (C=O) groups is 1. The zero-order chi connectivity index (χ0) is 15.5. The Morgan fingerprint density at radius 1 is 1.48 bits per heavy atom. The number of nitrogens with zero attached hydrogens (tertiary/aromatic N) is 2. The molecule has 0 saturated carbocycles. The molecule has 0 N–H and O–H groups in total. The van der Waals surface area contributed by atoms with E-state index in [1.807, 2.05) is 0 Å². The van der Waals surface area contributed by atoms with Gasteiger partial charge in [-0.15, -0.1) is 0 Å². The van der Waals surface area contributed by atoms with Crippen molar-refractivity contribution in [3.8, 4) is 0 Å². The number of pyridine rings is 1. The standard InChI is InChI=1S/C14H19ClN2O3S/c1-21(19,20)10-7-11-5-2-3-9-17(11)14(18)13-12(15)6-4-8-16-13/h4,6,8,11H,2-3,5,7,9-10H2,1H3. The summed E-state index contributed by atoms with van der Waals surface area (Å²) in [5.41, 5.74) is 0.241. The first-order chi connectivity index (χ1) is 9.88. The topological polar surface area (TPSA) is 67.3 Å². The summed E-state index contributed by atoms with van der Waals surface area (Å²) < 4.78 is 22.7. The zero-order valence-electron chi connectivity index (χ0n) is 12.0. The molecule has 1 saturated heterocycles. The number of halogens is 1. The number of piperidine rings is 1. The fourth-order valence-electron chi connectivity index (χ4n) is 2.60. The molecule has 5 nitrogen and oxygen atoms in total. The summed E-state index contributed by atoms with van der Waals surface area (Å²) in [6, 6.07) is 3.26. The molecule has 2 heterocycles. The van der Waals surface area contributed by atoms with E-state index in [2.05, 4.69) is 4.98 Å². The van der Waals surface area contributed by atoms with Crippen LogP contribution in [0.3, 0.4) is 0 Å². The van der Waals surface area contributed by atoms with Gasteiger partial charge in [-0.25, -0.2) is 13.4 Å². The Kier molecular flexibility index (Phi) is 5.22. The van der Waals surface area contributed by atoms with Crippen LogP contribution in [0, 0.1) is 0 Å². The second-order valence-corrected chi connectivity index (χ2v) is 8.07. The van der Waals surface area contributed by atoms with Crippen LogP contribution in [0.25, 0.3) is 0 Å². The molecular weight excluding hydrogens is 312 g/mol. The van der Waals surface area contributed by atoms with Crippen molar-refractivity contribution in [3.63, 3.8) is 0 Å². The molecule has 1 aromatic heterocycles. The van der Waals surface area contributed by atoms with E-state index in [1.54, 1.807) is 17.0 Å². The number of hydrogen-bond acceptors (Lipinski definition) is 4. The van der Waals surface area contributed by atoms with E-state index in [0.29, 0.717) is 18.0 Å². The highest BCUT2D eigenvalue weighted by Gasteiger charge is 2.29. The molecule has 0 spiro atoms. The van der Waals surface area contributed by atoms with Crippen LogP contribution in [-0.2, 0) is 9.84 Å². The smallest absolute Gasteiger partial charge is 0.274 e. The molecule has 1 atom stereocenters. The summed E-state index contributed by atoms with van der Waals surface area (Å²) in [7, 11) is -3.03. The van der Waals surface area contributed by atoms with Crippen LogP contribution in [0.2, 0.25) is 5.02 Å². The monoisotopic (exact) mass is 330 g/mol. The molecule has 1 unspecified atom stereocenters. The lowest BCUT2D eigenvalue weighted by Crippen LogP contribution is -2.44. The van der Waals surface area contributed by atoms with Gasteiger partial charge in [0, 0.05) is 25.0 Å². The molecule has 0 bridgehead atoms. The van der Waals surface area contributed by atoms with Gasteiger partial charge in [0.1, 0.15) is 15.5 Å². The van der Waals surface area contributed by atoms with E-state index in [0.717, 1.165) is 19.3 Å². The minimum atomic E-state index is -3.03. The van der Waals surface area contributed by atoms with E-state index in [4.69, 9.17) is 11.6 Å². The van der Waals surface area contributed by atoms with Crippen molar-refractivity contribution < 1.29 is 13.2 Å². The lowest BCUT2D eigenvalue weighted by molar-refractivity contribution is 0.0603. The van der Waals surface area contributed by atoms with E-state index in [1.165, 1.54) is 12.5 Å². The van der Waals surface area contributed by atoms with Crippen molar-refractivity contribution in [1.82, 2.24) is 9.88 Å². The Morgan fingerprint density at radius 2 is 2.24 bits per heavy atom. The maximum Gasteiger partial charge on any atom is 0.274 e. The Bertz CT molecular complexity index is 618. The average molecular weight is 331 g/mol. The van der Waals surface area contributed by atoms with Crippen LogP contribution >= 0.6 is 11.6 Å². The number of aromatic nitrogens is 1. The predicted molar refractivity (Wildman–Crippen MR) is 82.3 cm³/mol. The Labute approximate surface area is 130 Å². The molecule has 1 fully saturated rings. The van der Waals surface area contributed by atoms with Crippen molar-refractivity contribution >= 4 is 27.3 Å². The summed E-state index contributed by atoms with van der Waals surface area (Å²) >= 11 is 6.03. The molecule has 1 aromatic rings. The summed E-state index contributed by atoms with van der Waals surface area (Å²) in [6.45, 7) is 0.625. The second kappa shape index (κ2) is 6.75. The van der Waals surface area contributed by atoms with E-state index in [-0.39, 0.29) is 23.4 Å². The summed E-state index contributed by atoms with van der Waals surface area (Å²) in [5, 5.41) is 0.329. The predicted octanol–water partition coefficient (Wildman–Crippen LogP) is 2.16. The number of amides is 1. The van der Waals surface area contributed by atoms with Crippen molar-refractivity contribution in [2.24, 2.45) is 0 Å². The Hall–Kier alpha value is -1.14. The van der Waals surface area contributed by atoms with Crippen molar-refractivity contribution in [3.05, 3.63) is 29.0 Å². The zero-order valence-corrected chi connectivity index (χ0v) is 13.5. The first kappa shape index (κ1) is 16.2. The molecule has 21 heavy (non-hydrogen) atoms. The van der Waals surface area contributed by atoms with Gasteiger partial charge < -0.3 is 4.90 Å². The summed E-state index contributed by atoms with van der Waals surface area (Å²) in [4.78, 5) is 18.4. The van der Waals surface area contributed by atoms with E-state index in [9.17, 15) is 13.2 Å². The quantitative estimate of drug-likeness (QED) is 0.848. The number of hydrogen-bond donors (Lipinski definition) is 0. The highest BCUT2D eigenvalue weighted by molar-refractivity contribution is 7.90. The fourth-order valence-corrected chi connectivity index (χ4v) is 3.50. The highest BCUT2D eigenvalue weighted by Crippen LogP contribution is 2.24. The Morgan fingerprint density at radius 3 is 2.90 bits per heavy atom. The minimum Gasteiger partial charge on any atom is -0.334 e. The SMILES string of the molecule is CS(=O)(=O)CCC1CCCCN1C(=O)c1ncccc1Cl. The lowest BCUT2D eigenvalue weighted by Gasteiger charge is -2.35. The van der Waals surface area contributed by atoms with Gasteiger partial charge in [0.2, 0.25) is 0 Å². The fraction of sp³-hybridized carbons (Fsp3) is 0.571. The van der Waals surface area contributed by atoms with E-state index >= 15 is 0 Å². The van der Waals surface area contributed by atoms with Crippen molar-refractivity contribution in [1.29, 1.82) is 0 Å². The molecule has 1 amide bonds. The largest absolute Gasteiger partial charge is 0.334 e. The molecular formula is C14H19ClN2O3S. The third-order valence-electron chi connectivity index (χ3n) is 3.67. The maximum atomic E-state index is 12.6. The van der Waals surface area contributed by atoms with Gasteiger partial charge in [-0.3, -0.25) is 4.79 Å². The lowest BCUT2D eigenvalue weighted by atomic mass is 9.99. The first-order valence-electron chi connectivity index (χ1n) is 6.98. The van der Waals surface area contributed by atoms with Crippen LogP contribution in [-0.4, -0.2) is 48.8 Å². The van der Waals surface area contributed by atoms with Gasteiger partial charge in [0.25, 0.3) is 5.91 Å². The van der Waals surface area contributed by atoms with Crippen LogP contribution in [0.15, 0.2) is 18.3 Å². The molecule has 0 aliphatic carbocycles. The summed E-state index contributed by atoms with van der Waals surface area (Å²) in [5.74, 6) is -0.115. The molecule has 2 rings (SSSR count). The second-order valence-electron chi connectivity index (χ2n) is 5.40. The highest BCUT2D eigenvalue weighted by atomic mass is 35.5. The molecule has 0 radical (unpaired) electrons. The first-order valence-corrected chi connectivity index (χ1v) is 9.41. The van der Waals surface area contributed by atoms with Crippen LogP contribution < -0.4 is 0 Å². The van der Waals surface area contributed by atoms with Gasteiger partial charge in [0.05, 0.1) is 10.8 Å². The number of rotatable bonds is 4. The van der Waals surface area contributed by atoms with Crippen LogP contribution in [0.5, 0.6) is 0 Å². The Balaban J connectivity index is 2.15. The van der Waals surface area contributed by atoms with Gasteiger partial charge >= 0.3 is 0 Å². The number of carbonyl (C=O) groups excluding carboxylic acids is 1. The van der Waals surface area contributed by atoms with Gasteiger partial charge in [-0.1, -0.05) is 11.6 Å². The van der Waals surface area contributed by atoms with Gasteiger partial charge in [0.15, 0.2) is 0 Å². The van der Waals surface area contributed by atoms with Crippen molar-refractivity contribution in [2.75, 3.05) is 18.6 Å². The molecule has 116 valence electrons. The normalized spacial score (nSPS) is 19.5. The van der Waals surface area contributed by atoms with Crippen LogP contribution in [0.1, 0.15) is 36.2 Å². The molecule has 7 heteroatoms. The molecule has 1 aliphatic heterocycles. The number of likely N-dealkylation sites (tertiary alicyclic amines) is 1. The van der Waals surface area contributed by atoms with Gasteiger partial charge in [-0.2, -0.15) is 0 Å². The van der Waals surface area contributed by atoms with Crippen LogP contribution in [0.4, 0.5) is 0 Å². The maximum absolute atomic E-state index is 12.6. The molecule has 0 aromatic carbocycles. The van der Waals surface area contributed by atoms with Crippen molar-refractivity contribution in [2.45, 2.75) is 31.7 Å². The molecule has 1 aliphatic rings. The number of sulfone groups is 1. The minimum absolute atomic E-state index is 0.0564. The third-order valence-corrected chi connectivity index (χ3v) is 4.95. The van der Waals surface area contributed by atoms with E-state index < -0.39 is 9.84 Å². The third kappa shape index (κ3) is 4.41. The average Bonchev–Trinajstić information content (AvgIpc) is 2.44. The summed E-state index contributed by atoms with van der Waals surface area (Å²) in [6.07, 6.45) is 5.98.